The van der Waals surface area contributed by atoms with Crippen molar-refractivity contribution in [3.63, 3.8) is 0 Å². The molecule has 0 aliphatic carbocycles. The number of rotatable bonds is 10. The minimum Gasteiger partial charge on any atom is -0.385 e. The summed E-state index contributed by atoms with van der Waals surface area (Å²) in [6.07, 6.45) is 0.0752. The molecule has 0 saturated carbocycles. The molecule has 4 aromatic rings. The first kappa shape index (κ1) is 30.6. The van der Waals surface area contributed by atoms with Gasteiger partial charge >= 0.3 is 6.18 Å². The lowest BCUT2D eigenvalue weighted by molar-refractivity contribution is -0.137. The van der Waals surface area contributed by atoms with Crippen LogP contribution in [0.5, 0.6) is 0 Å². The summed E-state index contributed by atoms with van der Waals surface area (Å²) in [4.78, 5) is 29.2. The lowest BCUT2D eigenvalue weighted by Crippen LogP contribution is -2.40. The first-order valence-corrected chi connectivity index (χ1v) is 14.9. The first-order chi connectivity index (χ1) is 20.7. The number of piperidine rings is 1. The summed E-state index contributed by atoms with van der Waals surface area (Å²) in [5, 5.41) is 0.214. The Bertz CT molecular complexity index is 1590. The molecule has 5 rings (SSSR count). The van der Waals surface area contributed by atoms with Crippen LogP contribution in [0, 0.1) is 5.92 Å². The van der Waals surface area contributed by atoms with E-state index in [1.165, 1.54) is 6.07 Å². The zero-order valence-electron chi connectivity index (χ0n) is 24.6. The number of nitrogens with zero attached hydrogens (tertiary/aromatic N) is 2. The van der Waals surface area contributed by atoms with Gasteiger partial charge < -0.3 is 19.2 Å². The van der Waals surface area contributed by atoms with Crippen molar-refractivity contribution < 1.29 is 22.7 Å². The highest BCUT2D eigenvalue weighted by molar-refractivity contribution is 5.86. The number of pyridine rings is 1. The van der Waals surface area contributed by atoms with Gasteiger partial charge in [-0.2, -0.15) is 13.2 Å². The average Bonchev–Trinajstić information content (AvgIpc) is 3.33. The number of benzene rings is 2. The van der Waals surface area contributed by atoms with E-state index in [0.29, 0.717) is 57.3 Å². The van der Waals surface area contributed by atoms with Crippen molar-refractivity contribution in [1.82, 2.24) is 14.5 Å². The maximum absolute atomic E-state index is 14.6. The van der Waals surface area contributed by atoms with Gasteiger partial charge in [0.1, 0.15) is 0 Å². The smallest absolute Gasteiger partial charge is 0.385 e. The van der Waals surface area contributed by atoms with E-state index in [-0.39, 0.29) is 35.0 Å². The van der Waals surface area contributed by atoms with Crippen LogP contribution in [0.3, 0.4) is 0 Å². The van der Waals surface area contributed by atoms with E-state index in [2.05, 4.69) is 4.98 Å². The summed E-state index contributed by atoms with van der Waals surface area (Å²) in [6, 6.07) is 18.0. The van der Waals surface area contributed by atoms with Gasteiger partial charge in [-0.25, -0.2) is 0 Å². The number of nitrogens with one attached hydrogen (secondary N) is 1. The number of alkyl halides is 3. The summed E-state index contributed by atoms with van der Waals surface area (Å²) in [5.41, 5.74) is 3.15. The number of halogens is 3. The van der Waals surface area contributed by atoms with Crippen molar-refractivity contribution in [1.29, 1.82) is 0 Å². The molecule has 0 spiro atoms. The summed E-state index contributed by atoms with van der Waals surface area (Å²) in [5.74, 6) is -0.351. The highest BCUT2D eigenvalue weighted by Crippen LogP contribution is 2.44. The summed E-state index contributed by atoms with van der Waals surface area (Å²) < 4.78 is 50.7. The number of hydrogen-bond acceptors (Lipinski definition) is 3. The summed E-state index contributed by atoms with van der Waals surface area (Å²) in [7, 11) is 1.59. The molecule has 2 aromatic heterocycles. The molecule has 2 aromatic carbocycles. The lowest BCUT2D eigenvalue weighted by Gasteiger charge is -2.35. The van der Waals surface area contributed by atoms with Gasteiger partial charge in [0, 0.05) is 74.5 Å². The molecule has 1 fully saturated rings. The fraction of sp³-hybridized carbons (Fsp3) is 0.412. The van der Waals surface area contributed by atoms with Crippen molar-refractivity contribution in [3.8, 4) is 11.1 Å². The van der Waals surface area contributed by atoms with Crippen LogP contribution in [-0.4, -0.2) is 47.2 Å². The first-order valence-electron chi connectivity index (χ1n) is 14.9. The standard InChI is InChI=1S/C34H38F3N3O3/c1-23(19-24-10-12-25(13-11-24)26-14-15-30(41)38-21-26)20-31(42)39-16-5-7-27(22-39)33-32(34(35,36)37)28-8-3-4-9-29(28)40(33)17-6-18-43-2/h3-4,8-15,21,23,27H,5-7,16-20,22H2,1-2H3,(H,38,41). The molecule has 1 amide bonds. The van der Waals surface area contributed by atoms with Gasteiger partial charge in [-0.05, 0) is 60.4 Å². The number of hydrogen-bond donors (Lipinski definition) is 1. The van der Waals surface area contributed by atoms with Crippen LogP contribution in [0.4, 0.5) is 13.2 Å². The Morgan fingerprint density at radius 1 is 1.07 bits per heavy atom. The number of H-pyrrole nitrogens is 1. The number of aromatic nitrogens is 2. The third-order valence-electron chi connectivity index (χ3n) is 8.36. The number of likely N-dealkylation sites (tertiary alicyclic amines) is 1. The minimum atomic E-state index is -4.50. The fourth-order valence-corrected chi connectivity index (χ4v) is 6.41. The normalized spacial score (nSPS) is 16.5. The van der Waals surface area contributed by atoms with E-state index in [1.807, 2.05) is 35.8 Å². The molecule has 43 heavy (non-hydrogen) atoms. The van der Waals surface area contributed by atoms with Crippen LogP contribution < -0.4 is 5.56 Å². The highest BCUT2D eigenvalue weighted by Gasteiger charge is 2.41. The zero-order valence-corrected chi connectivity index (χ0v) is 24.6. The minimum absolute atomic E-state index is 0.0161. The number of amides is 1. The van der Waals surface area contributed by atoms with E-state index >= 15 is 0 Å². The Balaban J connectivity index is 1.30. The van der Waals surface area contributed by atoms with Gasteiger partial charge in [0.2, 0.25) is 11.5 Å². The Morgan fingerprint density at radius 2 is 1.81 bits per heavy atom. The molecule has 2 unspecified atom stereocenters. The summed E-state index contributed by atoms with van der Waals surface area (Å²) >= 11 is 0. The topological polar surface area (TPSA) is 67.3 Å². The van der Waals surface area contributed by atoms with E-state index in [0.717, 1.165) is 16.7 Å². The fourth-order valence-electron chi connectivity index (χ4n) is 6.41. The maximum Gasteiger partial charge on any atom is 0.418 e. The van der Waals surface area contributed by atoms with Crippen LogP contribution in [0.2, 0.25) is 0 Å². The number of carbonyl (C=O) groups excluding carboxylic acids is 1. The van der Waals surface area contributed by atoms with Crippen LogP contribution in [-0.2, 0) is 28.7 Å². The van der Waals surface area contributed by atoms with Crippen molar-refractivity contribution >= 4 is 16.8 Å². The van der Waals surface area contributed by atoms with Gasteiger partial charge in [0.25, 0.3) is 0 Å². The molecular weight excluding hydrogens is 555 g/mol. The van der Waals surface area contributed by atoms with E-state index in [9.17, 15) is 22.8 Å². The molecule has 228 valence electrons. The second-order valence-electron chi connectivity index (χ2n) is 11.6. The third-order valence-corrected chi connectivity index (χ3v) is 8.36. The van der Waals surface area contributed by atoms with Gasteiger partial charge in [-0.1, -0.05) is 49.4 Å². The van der Waals surface area contributed by atoms with Crippen LogP contribution in [0.25, 0.3) is 22.0 Å². The molecule has 1 saturated heterocycles. The second-order valence-corrected chi connectivity index (χ2v) is 11.6. The van der Waals surface area contributed by atoms with Crippen LogP contribution >= 0.6 is 0 Å². The highest BCUT2D eigenvalue weighted by atomic mass is 19.4. The molecule has 1 N–H and O–H groups in total. The van der Waals surface area contributed by atoms with Gasteiger partial charge in [0.05, 0.1) is 5.56 Å². The predicted molar refractivity (Wildman–Crippen MR) is 162 cm³/mol. The SMILES string of the molecule is COCCCn1c(C2CCCN(C(=O)CC(C)Cc3ccc(-c4ccc(=O)[nH]c4)cc3)C2)c(C(F)(F)F)c2ccccc21. The van der Waals surface area contributed by atoms with Gasteiger partial charge in [-0.3, -0.25) is 9.59 Å². The largest absolute Gasteiger partial charge is 0.418 e. The van der Waals surface area contributed by atoms with Crippen LogP contribution in [0.1, 0.15) is 55.3 Å². The predicted octanol–water partition coefficient (Wildman–Crippen LogP) is 7.03. The van der Waals surface area contributed by atoms with Crippen molar-refractivity contribution in [2.75, 3.05) is 26.8 Å². The van der Waals surface area contributed by atoms with Crippen molar-refractivity contribution in [2.24, 2.45) is 5.92 Å². The molecular formula is C34H38F3N3O3. The van der Waals surface area contributed by atoms with E-state index in [4.69, 9.17) is 4.74 Å². The van der Waals surface area contributed by atoms with Crippen LogP contribution in [0.15, 0.2) is 71.7 Å². The maximum atomic E-state index is 14.6. The Hall–Kier alpha value is -3.85. The number of fused-ring (bicyclic) bond motifs is 1. The number of carbonyl (C=O) groups is 1. The number of aromatic amines is 1. The summed E-state index contributed by atoms with van der Waals surface area (Å²) in [6.45, 7) is 3.74. The number of methoxy groups -OCH3 is 1. The molecule has 2 atom stereocenters. The van der Waals surface area contributed by atoms with E-state index in [1.54, 1.807) is 48.5 Å². The number of para-hydroxylation sites is 1. The Morgan fingerprint density at radius 3 is 2.51 bits per heavy atom. The monoisotopic (exact) mass is 593 g/mol. The lowest BCUT2D eigenvalue weighted by atomic mass is 9.90. The average molecular weight is 594 g/mol. The van der Waals surface area contributed by atoms with Crippen molar-refractivity contribution in [2.45, 2.75) is 57.7 Å². The molecule has 3 heterocycles. The molecule has 0 radical (unpaired) electrons. The second kappa shape index (κ2) is 13.2. The molecule has 9 heteroatoms. The molecule has 6 nitrogen and oxygen atoms in total. The third kappa shape index (κ3) is 7.04. The quantitative estimate of drug-likeness (QED) is 0.201. The number of ether oxygens (including phenoxy) is 1. The zero-order chi connectivity index (χ0) is 30.6. The van der Waals surface area contributed by atoms with Crippen molar-refractivity contribution in [3.05, 3.63) is 94.0 Å². The van der Waals surface area contributed by atoms with Gasteiger partial charge in [-0.15, -0.1) is 0 Å². The number of aryl methyl sites for hydroxylation is 1. The Labute approximate surface area is 249 Å². The molecule has 0 bridgehead atoms. The van der Waals surface area contributed by atoms with E-state index < -0.39 is 17.7 Å². The molecule has 1 aliphatic heterocycles. The van der Waals surface area contributed by atoms with Gasteiger partial charge in [0.15, 0.2) is 0 Å². The molecule has 1 aliphatic rings. The Kier molecular flexibility index (Phi) is 9.40.